The third-order valence-corrected chi connectivity index (χ3v) is 8.30. The number of methoxy groups -OCH3 is 1. The van der Waals surface area contributed by atoms with E-state index in [9.17, 15) is 55.5 Å². The first kappa shape index (κ1) is 38.6. The Kier molecular flexibility index (Phi) is 13.9. The van der Waals surface area contributed by atoms with Gasteiger partial charge < -0.3 is 79.1 Å². The summed E-state index contributed by atoms with van der Waals surface area (Å²) in [7, 11) is 1.11. The Morgan fingerprint density at radius 1 is 0.837 bits per heavy atom. The number of aromatic hydroxyl groups is 1. The molecule has 0 radical (unpaired) electrons. The second-order valence-electron chi connectivity index (χ2n) is 11.5. The molecule has 0 spiro atoms. The van der Waals surface area contributed by atoms with Crippen LogP contribution in [0.2, 0.25) is 0 Å². The van der Waals surface area contributed by atoms with Crippen LogP contribution in [0.25, 0.3) is 0 Å². The van der Waals surface area contributed by atoms with Crippen LogP contribution in [0, 0.1) is 5.92 Å². The maximum absolute atomic E-state index is 12.9. The number of carbonyl (C=O) groups is 2. The molecule has 12 atom stereocenters. The van der Waals surface area contributed by atoms with Crippen LogP contribution in [0.15, 0.2) is 47.7 Å². The molecular formula is C31H42O18. The van der Waals surface area contributed by atoms with Gasteiger partial charge in [0.25, 0.3) is 0 Å². The monoisotopic (exact) mass is 702 g/mol. The molecular weight excluding hydrogens is 660 g/mol. The van der Waals surface area contributed by atoms with Crippen molar-refractivity contribution >= 4 is 11.9 Å². The highest BCUT2D eigenvalue weighted by atomic mass is 16.8. The summed E-state index contributed by atoms with van der Waals surface area (Å²) in [5.74, 6) is -2.66. The van der Waals surface area contributed by atoms with Gasteiger partial charge in [0.1, 0.15) is 54.6 Å². The first-order valence-electron chi connectivity index (χ1n) is 15.4. The molecule has 0 amide bonds. The first-order valence-corrected chi connectivity index (χ1v) is 15.4. The summed E-state index contributed by atoms with van der Waals surface area (Å²) in [6.07, 6.45) is -16.7. The summed E-state index contributed by atoms with van der Waals surface area (Å²) in [5.41, 5.74) is 0.678. The molecule has 0 saturated carbocycles. The van der Waals surface area contributed by atoms with Gasteiger partial charge in [-0.05, 0) is 17.7 Å². The van der Waals surface area contributed by atoms with E-state index in [0.29, 0.717) is 6.42 Å². The van der Waals surface area contributed by atoms with Gasteiger partial charge in [-0.25, -0.2) is 4.79 Å². The van der Waals surface area contributed by atoms with E-state index in [1.54, 1.807) is 12.1 Å². The number of phenols is 1. The van der Waals surface area contributed by atoms with Gasteiger partial charge in [-0.1, -0.05) is 18.2 Å². The zero-order valence-corrected chi connectivity index (χ0v) is 26.3. The number of phenolic OH excluding ortho intramolecular Hbond substituents is 1. The van der Waals surface area contributed by atoms with Crippen molar-refractivity contribution in [1.29, 1.82) is 0 Å². The number of esters is 2. The molecule has 3 aliphatic rings. The minimum absolute atomic E-state index is 0.0229. The summed E-state index contributed by atoms with van der Waals surface area (Å²) >= 11 is 0. The zero-order valence-electron chi connectivity index (χ0n) is 26.3. The van der Waals surface area contributed by atoms with Gasteiger partial charge in [0, 0.05) is 17.9 Å². The highest BCUT2D eigenvalue weighted by Gasteiger charge is 2.52. The first-order chi connectivity index (χ1) is 23.4. The second kappa shape index (κ2) is 17.6. The van der Waals surface area contributed by atoms with E-state index in [4.69, 9.17) is 33.2 Å². The van der Waals surface area contributed by atoms with Crippen molar-refractivity contribution in [3.8, 4) is 5.75 Å². The van der Waals surface area contributed by atoms with Crippen LogP contribution >= 0.6 is 0 Å². The summed E-state index contributed by atoms with van der Waals surface area (Å²) in [6.45, 7) is -2.25. The molecule has 3 heterocycles. The van der Waals surface area contributed by atoms with Crippen LogP contribution in [0.1, 0.15) is 12.0 Å². The van der Waals surface area contributed by atoms with Crippen LogP contribution in [0.4, 0.5) is 0 Å². The summed E-state index contributed by atoms with van der Waals surface area (Å²) < 4.78 is 38.1. The van der Waals surface area contributed by atoms with E-state index in [-0.39, 0.29) is 23.5 Å². The van der Waals surface area contributed by atoms with E-state index >= 15 is 0 Å². The maximum atomic E-state index is 12.9. The van der Waals surface area contributed by atoms with E-state index in [0.717, 1.165) is 18.9 Å². The normalized spacial score (nSPS) is 35.7. The van der Waals surface area contributed by atoms with Crippen LogP contribution in [-0.4, -0.2) is 159 Å². The standard InChI is InChI=1S/C31H42O18/c1-43-28(42)18-13-45-29(16(6-8-32)17(18)10-21(36)44-9-7-14-2-4-15(35)5-3-14)49-31-26(41)27(23(38)20(12-34)47-31)48-30-25(40)24(39)22(37)19(11-33)46-30/h2-6,13,17,19-20,22-27,29-35,37-41H,7-12H2,1H3/b16-6-/t17-,19+,20+,22+,23+,24-,25+,26+,27-,29-,30-,31-/m0/s1. The number of rotatable bonds is 13. The van der Waals surface area contributed by atoms with Crippen LogP contribution in [0.5, 0.6) is 5.75 Å². The quantitative estimate of drug-likeness (QED) is 0.0711. The Balaban J connectivity index is 1.51. The molecule has 1 aromatic rings. The predicted octanol–water partition coefficient (Wildman–Crippen LogP) is -3.54. The molecule has 0 aliphatic carbocycles. The maximum Gasteiger partial charge on any atom is 0.337 e. The molecule has 4 rings (SSSR count). The molecule has 9 N–H and O–H groups in total. The van der Waals surface area contributed by atoms with Gasteiger partial charge in [-0.3, -0.25) is 4.79 Å². The van der Waals surface area contributed by atoms with Crippen molar-refractivity contribution in [1.82, 2.24) is 0 Å². The summed E-state index contributed by atoms with van der Waals surface area (Å²) in [4.78, 5) is 25.6. The lowest BCUT2D eigenvalue weighted by Crippen LogP contribution is -2.65. The Labute approximate surface area is 279 Å². The topological polar surface area (TPSA) is 281 Å². The Morgan fingerprint density at radius 3 is 2.08 bits per heavy atom. The minimum atomic E-state index is -1.92. The fourth-order valence-electron chi connectivity index (χ4n) is 5.58. The Bertz CT molecular complexity index is 1300. The van der Waals surface area contributed by atoms with E-state index < -0.39 is 112 Å². The molecule has 2 saturated heterocycles. The minimum Gasteiger partial charge on any atom is -0.508 e. The Hall–Kier alpha value is -3.24. The second-order valence-corrected chi connectivity index (χ2v) is 11.5. The van der Waals surface area contributed by atoms with E-state index in [2.05, 4.69) is 0 Å². The van der Waals surface area contributed by atoms with Gasteiger partial charge in [0.15, 0.2) is 12.6 Å². The number of aliphatic hydroxyl groups is 8. The van der Waals surface area contributed by atoms with Crippen molar-refractivity contribution in [2.45, 2.75) is 80.5 Å². The van der Waals surface area contributed by atoms with Gasteiger partial charge in [0.05, 0.1) is 51.8 Å². The van der Waals surface area contributed by atoms with Crippen molar-refractivity contribution < 1.29 is 88.7 Å². The van der Waals surface area contributed by atoms with Gasteiger partial charge >= 0.3 is 11.9 Å². The zero-order chi connectivity index (χ0) is 35.8. The smallest absolute Gasteiger partial charge is 0.337 e. The largest absolute Gasteiger partial charge is 0.508 e. The van der Waals surface area contributed by atoms with Crippen molar-refractivity contribution in [3.63, 3.8) is 0 Å². The van der Waals surface area contributed by atoms with Crippen LogP contribution in [0.3, 0.4) is 0 Å². The third kappa shape index (κ3) is 9.11. The molecule has 3 aliphatic heterocycles. The number of ether oxygens (including phenoxy) is 7. The lowest BCUT2D eigenvalue weighted by molar-refractivity contribution is -0.369. The molecule has 0 bridgehead atoms. The van der Waals surface area contributed by atoms with E-state index in [1.807, 2.05) is 0 Å². The molecule has 1 aromatic carbocycles. The summed E-state index contributed by atoms with van der Waals surface area (Å²) in [6, 6.07) is 6.29. The van der Waals surface area contributed by atoms with Crippen LogP contribution < -0.4 is 0 Å². The summed E-state index contributed by atoms with van der Waals surface area (Å²) in [5, 5.41) is 91.3. The molecule has 0 unspecified atom stereocenters. The number of hydrogen-bond donors (Lipinski definition) is 9. The molecule has 18 nitrogen and oxygen atoms in total. The fraction of sp³-hybridized carbons (Fsp3) is 0.613. The molecule has 18 heteroatoms. The van der Waals surface area contributed by atoms with Crippen LogP contribution in [-0.2, 0) is 49.2 Å². The number of carbonyl (C=O) groups excluding carboxylic acids is 2. The number of aliphatic hydroxyl groups excluding tert-OH is 8. The van der Waals surface area contributed by atoms with Crippen molar-refractivity contribution in [2.75, 3.05) is 33.5 Å². The average Bonchev–Trinajstić information content (AvgIpc) is 3.09. The average molecular weight is 703 g/mol. The van der Waals surface area contributed by atoms with Crippen molar-refractivity contribution in [3.05, 3.63) is 53.3 Å². The van der Waals surface area contributed by atoms with Gasteiger partial charge in [-0.2, -0.15) is 0 Å². The lowest BCUT2D eigenvalue weighted by Gasteiger charge is -2.46. The molecule has 274 valence electrons. The highest BCUT2D eigenvalue weighted by Crippen LogP contribution is 2.37. The Morgan fingerprint density at radius 2 is 1.47 bits per heavy atom. The van der Waals surface area contributed by atoms with Gasteiger partial charge in [0.2, 0.25) is 6.29 Å². The molecule has 49 heavy (non-hydrogen) atoms. The molecule has 2 fully saturated rings. The number of hydrogen-bond acceptors (Lipinski definition) is 18. The fourth-order valence-corrected chi connectivity index (χ4v) is 5.58. The predicted molar refractivity (Wildman–Crippen MR) is 159 cm³/mol. The van der Waals surface area contributed by atoms with Gasteiger partial charge in [-0.15, -0.1) is 0 Å². The highest BCUT2D eigenvalue weighted by molar-refractivity contribution is 5.90. The van der Waals surface area contributed by atoms with Crippen molar-refractivity contribution in [2.24, 2.45) is 5.92 Å². The third-order valence-electron chi connectivity index (χ3n) is 8.30. The number of benzene rings is 1. The van der Waals surface area contributed by atoms with E-state index in [1.165, 1.54) is 18.2 Å². The lowest BCUT2D eigenvalue weighted by atomic mass is 9.86. The molecule has 0 aromatic heterocycles. The SMILES string of the molecule is COC(=O)C1=CO[C@@H](O[C@@H]2O[C@H](CO)[C@@H](O)[C@H](O[C@@H]3O[C@H](CO)[C@@H](O)[C@H](O)[C@H]3O)[C@H]2O)/C(=C\CO)[C@@H]1CC(=O)OCCc1ccc(O)cc1.